The Morgan fingerprint density at radius 2 is 1.79 bits per heavy atom. The fourth-order valence-corrected chi connectivity index (χ4v) is 1.05. The van der Waals surface area contributed by atoms with E-state index in [2.05, 4.69) is 0 Å². The van der Waals surface area contributed by atoms with E-state index < -0.39 is 23.2 Å². The highest BCUT2D eigenvalue weighted by molar-refractivity contribution is 5.67. The van der Waals surface area contributed by atoms with Crippen LogP contribution >= 0.6 is 0 Å². The minimum absolute atomic E-state index is 0.106. The van der Waals surface area contributed by atoms with Crippen molar-refractivity contribution >= 4 is 5.97 Å². The van der Waals surface area contributed by atoms with Crippen molar-refractivity contribution in [3.63, 3.8) is 0 Å². The Morgan fingerprint density at radius 3 is 2.36 bits per heavy atom. The van der Waals surface area contributed by atoms with E-state index in [0.717, 1.165) is 0 Å². The number of hydrogen-bond acceptors (Lipinski definition) is 4. The van der Waals surface area contributed by atoms with E-state index in [4.69, 9.17) is 15.3 Å². The van der Waals surface area contributed by atoms with Crippen molar-refractivity contribution in [2.45, 2.75) is 12.8 Å². The number of phenolic OH excluding ortho intramolecular Hbond substituents is 3. The normalized spacial score (nSPS) is 10.0. The molecule has 76 valence electrons. The fourth-order valence-electron chi connectivity index (χ4n) is 1.05. The number of benzene rings is 1. The second kappa shape index (κ2) is 3.87. The number of carbonyl (C=O) groups is 1. The number of carboxylic acid groups (broad SMARTS) is 1. The maximum atomic E-state index is 10.2. The lowest BCUT2D eigenvalue weighted by Crippen LogP contribution is -1.97. The van der Waals surface area contributed by atoms with Crippen LogP contribution < -0.4 is 0 Å². The first-order chi connectivity index (χ1) is 6.52. The molecule has 0 fully saturated rings. The van der Waals surface area contributed by atoms with Gasteiger partial charge in [0, 0.05) is 6.42 Å². The Balaban J connectivity index is 2.88. The predicted octanol–water partition coefficient (Wildman–Crippen LogP) is 0.821. The van der Waals surface area contributed by atoms with Gasteiger partial charge in [-0.15, -0.1) is 0 Å². The summed E-state index contributed by atoms with van der Waals surface area (Å²) in [6.45, 7) is 0. The van der Waals surface area contributed by atoms with Gasteiger partial charge in [0.15, 0.2) is 11.5 Å². The third kappa shape index (κ3) is 2.07. The molecule has 0 unspecified atom stereocenters. The van der Waals surface area contributed by atoms with E-state index in [1.165, 1.54) is 12.1 Å². The first-order valence-corrected chi connectivity index (χ1v) is 3.97. The summed E-state index contributed by atoms with van der Waals surface area (Å²) in [7, 11) is 0. The van der Waals surface area contributed by atoms with Crippen molar-refractivity contribution in [2.24, 2.45) is 0 Å². The zero-order valence-electron chi connectivity index (χ0n) is 7.27. The average molecular weight is 198 g/mol. The van der Waals surface area contributed by atoms with Crippen molar-refractivity contribution in [3.05, 3.63) is 17.7 Å². The van der Waals surface area contributed by atoms with Crippen molar-refractivity contribution in [3.8, 4) is 17.2 Å². The second-order valence-electron chi connectivity index (χ2n) is 2.83. The molecule has 1 aromatic carbocycles. The second-order valence-corrected chi connectivity index (χ2v) is 2.83. The van der Waals surface area contributed by atoms with Crippen molar-refractivity contribution in [2.75, 3.05) is 0 Å². The molecule has 5 nitrogen and oxygen atoms in total. The van der Waals surface area contributed by atoms with Gasteiger partial charge < -0.3 is 20.4 Å². The largest absolute Gasteiger partial charge is 0.504 e. The Labute approximate surface area is 79.9 Å². The van der Waals surface area contributed by atoms with E-state index in [1.807, 2.05) is 0 Å². The third-order valence-electron chi connectivity index (χ3n) is 1.82. The minimum Gasteiger partial charge on any atom is -0.504 e. The number of hydrogen-bond donors (Lipinski definition) is 4. The Morgan fingerprint density at radius 1 is 1.14 bits per heavy atom. The van der Waals surface area contributed by atoms with E-state index in [9.17, 15) is 9.90 Å². The number of rotatable bonds is 3. The third-order valence-corrected chi connectivity index (χ3v) is 1.82. The van der Waals surface area contributed by atoms with E-state index in [0.29, 0.717) is 5.56 Å². The van der Waals surface area contributed by atoms with Gasteiger partial charge >= 0.3 is 5.97 Å². The zero-order chi connectivity index (χ0) is 10.7. The van der Waals surface area contributed by atoms with Crippen LogP contribution in [0.5, 0.6) is 17.2 Å². The van der Waals surface area contributed by atoms with Crippen LogP contribution in [-0.4, -0.2) is 26.4 Å². The molecule has 0 amide bonds. The molecular formula is C9H10O5. The Bertz CT molecular complexity index is 358. The molecule has 0 aliphatic rings. The molecule has 0 radical (unpaired) electrons. The molecule has 5 heteroatoms. The van der Waals surface area contributed by atoms with Gasteiger partial charge in [-0.2, -0.15) is 0 Å². The smallest absolute Gasteiger partial charge is 0.303 e. The van der Waals surface area contributed by atoms with Gasteiger partial charge in [0.05, 0.1) is 0 Å². The maximum absolute atomic E-state index is 10.2. The predicted molar refractivity (Wildman–Crippen MR) is 47.4 cm³/mol. The van der Waals surface area contributed by atoms with Gasteiger partial charge in [0.2, 0.25) is 5.75 Å². The quantitative estimate of drug-likeness (QED) is 0.539. The van der Waals surface area contributed by atoms with Crippen molar-refractivity contribution in [1.29, 1.82) is 0 Å². The van der Waals surface area contributed by atoms with Gasteiger partial charge in [-0.25, -0.2) is 0 Å². The fraction of sp³-hybridized carbons (Fsp3) is 0.222. The Kier molecular flexibility index (Phi) is 2.81. The van der Waals surface area contributed by atoms with E-state index in [1.54, 1.807) is 0 Å². The number of aliphatic carboxylic acids is 1. The van der Waals surface area contributed by atoms with E-state index >= 15 is 0 Å². The first kappa shape index (κ1) is 10.2. The molecule has 0 bridgehead atoms. The summed E-state index contributed by atoms with van der Waals surface area (Å²) in [6.07, 6.45) is -0.0349. The van der Waals surface area contributed by atoms with Crippen LogP contribution in [0.15, 0.2) is 12.1 Å². The van der Waals surface area contributed by atoms with Gasteiger partial charge in [-0.05, 0) is 18.1 Å². The summed E-state index contributed by atoms with van der Waals surface area (Å²) in [4.78, 5) is 10.2. The molecule has 1 rings (SSSR count). The molecule has 0 aromatic heterocycles. The van der Waals surface area contributed by atoms with Gasteiger partial charge in [0.25, 0.3) is 0 Å². The highest BCUT2D eigenvalue weighted by atomic mass is 16.4. The van der Waals surface area contributed by atoms with Gasteiger partial charge in [-0.1, -0.05) is 6.07 Å². The summed E-state index contributed by atoms with van der Waals surface area (Å²) >= 11 is 0. The molecule has 0 aliphatic heterocycles. The van der Waals surface area contributed by atoms with Crippen LogP contribution in [0.4, 0.5) is 0 Å². The minimum atomic E-state index is -0.989. The summed E-state index contributed by atoms with van der Waals surface area (Å²) in [5.74, 6) is -2.50. The summed E-state index contributed by atoms with van der Waals surface area (Å²) in [5.41, 5.74) is 0.294. The van der Waals surface area contributed by atoms with Crippen molar-refractivity contribution in [1.82, 2.24) is 0 Å². The average Bonchev–Trinajstić information content (AvgIpc) is 2.13. The molecule has 1 aromatic rings. The molecule has 0 saturated carbocycles. The topological polar surface area (TPSA) is 98.0 Å². The monoisotopic (exact) mass is 198 g/mol. The number of phenols is 3. The van der Waals surface area contributed by atoms with Crippen LogP contribution in [0, 0.1) is 0 Å². The standard InChI is InChI=1S/C9H10O5/c10-6-3-1-5(2-4-7(11)12)8(13)9(6)14/h1,3,10,13-14H,2,4H2,(H,11,12). The van der Waals surface area contributed by atoms with Crippen molar-refractivity contribution < 1.29 is 25.2 Å². The molecule has 0 spiro atoms. The first-order valence-electron chi connectivity index (χ1n) is 3.97. The lowest BCUT2D eigenvalue weighted by Gasteiger charge is -2.05. The summed E-state index contributed by atoms with van der Waals surface area (Å²) < 4.78 is 0. The Hall–Kier alpha value is -1.91. The molecular weight excluding hydrogens is 188 g/mol. The number of aromatic hydroxyl groups is 3. The molecule has 0 atom stereocenters. The molecule has 14 heavy (non-hydrogen) atoms. The molecule has 4 N–H and O–H groups in total. The SMILES string of the molecule is O=C(O)CCc1ccc(O)c(O)c1O. The molecule has 0 aliphatic carbocycles. The molecule has 0 saturated heterocycles. The number of carboxylic acids is 1. The van der Waals surface area contributed by atoms with Crippen LogP contribution in [0.3, 0.4) is 0 Å². The lowest BCUT2D eigenvalue weighted by molar-refractivity contribution is -0.136. The van der Waals surface area contributed by atoms with Crippen LogP contribution in [-0.2, 0) is 11.2 Å². The lowest BCUT2D eigenvalue weighted by atomic mass is 10.1. The van der Waals surface area contributed by atoms with Crippen LogP contribution in [0.2, 0.25) is 0 Å². The summed E-state index contributed by atoms with van der Waals surface area (Å²) in [5, 5.41) is 35.8. The zero-order valence-corrected chi connectivity index (χ0v) is 7.27. The highest BCUT2D eigenvalue weighted by Gasteiger charge is 2.11. The highest BCUT2D eigenvalue weighted by Crippen LogP contribution is 2.37. The number of aryl methyl sites for hydroxylation is 1. The summed E-state index contributed by atoms with van der Waals surface area (Å²) in [6, 6.07) is 2.57. The van der Waals surface area contributed by atoms with Gasteiger partial charge in [-0.3, -0.25) is 4.79 Å². The van der Waals surface area contributed by atoms with E-state index in [-0.39, 0.29) is 12.8 Å². The van der Waals surface area contributed by atoms with Crippen LogP contribution in [0.1, 0.15) is 12.0 Å². The molecule has 0 heterocycles. The van der Waals surface area contributed by atoms with Gasteiger partial charge in [0.1, 0.15) is 0 Å². The van der Waals surface area contributed by atoms with Crippen LogP contribution in [0.25, 0.3) is 0 Å². The maximum Gasteiger partial charge on any atom is 0.303 e.